The van der Waals surface area contributed by atoms with Gasteiger partial charge in [-0.25, -0.2) is 22.9 Å². The van der Waals surface area contributed by atoms with Gasteiger partial charge in [0.2, 0.25) is 0 Å². The Kier molecular flexibility index (Phi) is 8.10. The molecule has 16 heteroatoms. The molecule has 0 spiro atoms. The highest BCUT2D eigenvalue weighted by atomic mass is 35.5. The minimum atomic E-state index is -1.45. The van der Waals surface area contributed by atoms with Gasteiger partial charge >= 0.3 is 12.1 Å². The number of aromatic nitrogens is 3. The Morgan fingerprint density at radius 3 is 2.92 bits per heavy atom. The summed E-state index contributed by atoms with van der Waals surface area (Å²) in [4.78, 5) is 26.5. The zero-order chi connectivity index (χ0) is 33.7. The van der Waals surface area contributed by atoms with Crippen molar-refractivity contribution in [1.29, 1.82) is 5.26 Å². The van der Waals surface area contributed by atoms with Crippen molar-refractivity contribution in [2.75, 3.05) is 36.1 Å². The molecule has 0 radical (unpaired) electrons. The fraction of sp³-hybridized carbons (Fsp3) is 0.281. The van der Waals surface area contributed by atoms with Crippen LogP contribution in [0.1, 0.15) is 30.4 Å². The van der Waals surface area contributed by atoms with Gasteiger partial charge < -0.3 is 20.9 Å². The molecular formula is C32H26ClF3N8O3S. The fourth-order valence-electron chi connectivity index (χ4n) is 6.72. The number of ether oxygens (including phenoxy) is 1. The predicted octanol–water partition coefficient (Wildman–Crippen LogP) is 6.95. The molecule has 5 N–H and O–H groups in total. The van der Waals surface area contributed by atoms with Crippen LogP contribution in [0.2, 0.25) is 5.02 Å². The molecule has 0 unspecified atom stereocenters. The molecule has 11 nitrogen and oxygen atoms in total. The molecular weight excluding hydrogens is 669 g/mol. The van der Waals surface area contributed by atoms with Gasteiger partial charge in [0.25, 0.3) is 0 Å². The Bertz CT molecular complexity index is 2160. The van der Waals surface area contributed by atoms with Crippen molar-refractivity contribution >= 4 is 66.7 Å². The number of thiophene rings is 1. The van der Waals surface area contributed by atoms with Gasteiger partial charge in [0.05, 0.1) is 20.8 Å². The SMILES string of the molecule is N#Cc1c(NC(=O)O)sc2c(F)ccc(-c3c(Cl)cc4c(NCc5cccnc5N)nc(OC[C@@]56CCCN5C[C@H](F)C6)nc4c3F)c12. The molecule has 3 aromatic heterocycles. The van der Waals surface area contributed by atoms with Crippen molar-refractivity contribution in [1.82, 2.24) is 19.9 Å². The van der Waals surface area contributed by atoms with E-state index in [4.69, 9.17) is 22.1 Å². The van der Waals surface area contributed by atoms with Crippen LogP contribution in [0.25, 0.3) is 32.1 Å². The number of nitriles is 1. The smallest absolute Gasteiger partial charge is 0.409 e. The highest BCUT2D eigenvalue weighted by Crippen LogP contribution is 2.46. The molecule has 2 aromatic carbocycles. The first-order chi connectivity index (χ1) is 23.1. The normalized spacial score (nSPS) is 19.0. The van der Waals surface area contributed by atoms with Gasteiger partial charge in [-0.15, -0.1) is 11.3 Å². The molecule has 2 aliphatic heterocycles. The summed E-state index contributed by atoms with van der Waals surface area (Å²) >= 11 is 7.44. The number of fused-ring (bicyclic) bond motifs is 3. The number of nitrogens with zero attached hydrogens (tertiary/aromatic N) is 5. The van der Waals surface area contributed by atoms with Gasteiger partial charge in [0, 0.05) is 47.6 Å². The average Bonchev–Trinajstić information content (AvgIpc) is 3.70. The molecule has 48 heavy (non-hydrogen) atoms. The van der Waals surface area contributed by atoms with Gasteiger partial charge in [-0.1, -0.05) is 23.7 Å². The second kappa shape index (κ2) is 12.3. The fourth-order valence-corrected chi connectivity index (χ4v) is 8.09. The van der Waals surface area contributed by atoms with Crippen LogP contribution in [-0.4, -0.2) is 62.5 Å². The number of halogens is 4. The molecule has 2 saturated heterocycles. The van der Waals surface area contributed by atoms with E-state index in [2.05, 4.69) is 30.5 Å². The predicted molar refractivity (Wildman–Crippen MR) is 176 cm³/mol. The molecule has 2 atom stereocenters. The van der Waals surface area contributed by atoms with Crippen LogP contribution >= 0.6 is 22.9 Å². The number of nitrogens with two attached hydrogens (primary N) is 1. The van der Waals surface area contributed by atoms with Gasteiger partial charge in [-0.3, -0.25) is 10.2 Å². The van der Waals surface area contributed by atoms with Crippen LogP contribution in [-0.2, 0) is 6.54 Å². The number of benzene rings is 2. The highest BCUT2D eigenvalue weighted by Gasteiger charge is 2.49. The molecule has 0 aliphatic carbocycles. The molecule has 2 aliphatic rings. The molecule has 1 amide bonds. The number of rotatable bonds is 8. The maximum atomic E-state index is 16.9. The zero-order valence-electron chi connectivity index (χ0n) is 25.0. The molecule has 2 fully saturated rings. The Morgan fingerprint density at radius 1 is 1.31 bits per heavy atom. The number of carbonyl (C=O) groups is 1. The highest BCUT2D eigenvalue weighted by molar-refractivity contribution is 7.23. The molecule has 5 aromatic rings. The van der Waals surface area contributed by atoms with Crippen molar-refractivity contribution in [2.24, 2.45) is 0 Å². The number of alkyl halides is 1. The van der Waals surface area contributed by atoms with E-state index >= 15 is 8.78 Å². The summed E-state index contributed by atoms with van der Waals surface area (Å²) in [6, 6.07) is 9.04. The quantitative estimate of drug-likeness (QED) is 0.134. The van der Waals surface area contributed by atoms with Crippen molar-refractivity contribution in [3.63, 3.8) is 0 Å². The standard InChI is InChI=1S/C32H26ClF3N8O3S/c33-20-9-18-25(24(36)23(20)17-4-5-21(35)26-22(17)19(11-37)29(48-26)43-31(45)46)41-30(42-28(18)40-12-15-3-1-7-39-27(15)38)47-14-32-6-2-8-44(32)13-16(34)10-32/h1,3-5,7,9,16,43H,2,6,8,10,12-14H2,(H2,38,39)(H,45,46)(H,40,41,42)/t16-,32+/m1/s1. The second-order valence-electron chi connectivity index (χ2n) is 11.7. The van der Waals surface area contributed by atoms with E-state index in [1.807, 2.05) is 6.07 Å². The van der Waals surface area contributed by atoms with Gasteiger partial charge in [-0.05, 0) is 43.1 Å². The van der Waals surface area contributed by atoms with Crippen LogP contribution in [0, 0.1) is 23.0 Å². The number of nitrogens with one attached hydrogen (secondary N) is 2. The molecule has 7 rings (SSSR count). The minimum Gasteiger partial charge on any atom is -0.465 e. The molecule has 0 saturated carbocycles. The summed E-state index contributed by atoms with van der Waals surface area (Å²) in [7, 11) is 0. The molecule has 0 bridgehead atoms. The van der Waals surface area contributed by atoms with E-state index in [9.17, 15) is 19.6 Å². The van der Waals surface area contributed by atoms with Crippen LogP contribution in [0.4, 0.5) is 34.6 Å². The van der Waals surface area contributed by atoms with Gasteiger partial charge in [0.15, 0.2) is 5.82 Å². The number of hydrogen-bond acceptors (Lipinski definition) is 10. The lowest BCUT2D eigenvalue weighted by molar-refractivity contribution is 0.107. The summed E-state index contributed by atoms with van der Waals surface area (Å²) in [5, 5.41) is 24.5. The number of pyridine rings is 1. The lowest BCUT2D eigenvalue weighted by atomic mass is 9.95. The van der Waals surface area contributed by atoms with Gasteiger partial charge in [0.1, 0.15) is 46.8 Å². The topological polar surface area (TPSA) is 162 Å². The number of amides is 1. The number of carboxylic acid groups (broad SMARTS) is 1. The van der Waals surface area contributed by atoms with Crippen molar-refractivity contribution in [2.45, 2.75) is 37.5 Å². The Hall–Kier alpha value is -4.91. The maximum Gasteiger partial charge on any atom is 0.409 e. The van der Waals surface area contributed by atoms with Crippen LogP contribution < -0.4 is 21.1 Å². The van der Waals surface area contributed by atoms with Crippen molar-refractivity contribution < 1.29 is 27.8 Å². The van der Waals surface area contributed by atoms with E-state index < -0.39 is 29.4 Å². The summed E-state index contributed by atoms with van der Waals surface area (Å²) < 4.78 is 52.3. The minimum absolute atomic E-state index is 0.00948. The average molecular weight is 695 g/mol. The molecule has 5 heterocycles. The van der Waals surface area contributed by atoms with E-state index in [-0.39, 0.29) is 78.5 Å². The van der Waals surface area contributed by atoms with Crippen LogP contribution in [0.5, 0.6) is 6.01 Å². The first kappa shape index (κ1) is 31.7. The van der Waals surface area contributed by atoms with E-state index in [1.54, 1.807) is 18.3 Å². The van der Waals surface area contributed by atoms with Gasteiger partial charge in [-0.2, -0.15) is 15.2 Å². The third-order valence-corrected chi connectivity index (χ3v) is 10.3. The number of nitrogen functional groups attached to an aromatic ring is 1. The third-order valence-electron chi connectivity index (χ3n) is 8.86. The van der Waals surface area contributed by atoms with E-state index in [0.717, 1.165) is 25.5 Å². The van der Waals surface area contributed by atoms with Crippen molar-refractivity contribution in [3.8, 4) is 23.2 Å². The third kappa shape index (κ3) is 5.45. The summed E-state index contributed by atoms with van der Waals surface area (Å²) in [6.45, 7) is 1.32. The summed E-state index contributed by atoms with van der Waals surface area (Å²) in [6.07, 6.45) is 1.06. The largest absolute Gasteiger partial charge is 0.465 e. The first-order valence-electron chi connectivity index (χ1n) is 14.9. The van der Waals surface area contributed by atoms with Crippen molar-refractivity contribution in [3.05, 3.63) is 64.3 Å². The summed E-state index contributed by atoms with van der Waals surface area (Å²) in [5.41, 5.74) is 5.66. The van der Waals surface area contributed by atoms with E-state index in [1.165, 1.54) is 12.1 Å². The van der Waals surface area contributed by atoms with E-state index in [0.29, 0.717) is 29.9 Å². The van der Waals surface area contributed by atoms with Crippen LogP contribution in [0.3, 0.4) is 0 Å². The maximum absolute atomic E-state index is 16.9. The second-order valence-corrected chi connectivity index (χ2v) is 13.1. The summed E-state index contributed by atoms with van der Waals surface area (Å²) in [5.74, 6) is -1.18. The Balaban J connectivity index is 1.37. The Morgan fingerprint density at radius 2 is 2.15 bits per heavy atom. The lowest BCUT2D eigenvalue weighted by Crippen LogP contribution is -2.43. The number of anilines is 3. The Labute approximate surface area is 280 Å². The first-order valence-corrected chi connectivity index (χ1v) is 16.1. The number of hydrogen-bond donors (Lipinski definition) is 4. The van der Waals surface area contributed by atoms with Crippen LogP contribution in [0.15, 0.2) is 36.5 Å². The lowest BCUT2D eigenvalue weighted by Gasteiger charge is -2.30. The molecule has 246 valence electrons. The monoisotopic (exact) mass is 694 g/mol. The zero-order valence-corrected chi connectivity index (χ0v) is 26.6.